The lowest BCUT2D eigenvalue weighted by Gasteiger charge is -2.34. The minimum Gasteiger partial charge on any atom is -0.507 e. The van der Waals surface area contributed by atoms with Crippen LogP contribution in [-0.4, -0.2) is 70.7 Å². The van der Waals surface area contributed by atoms with E-state index in [0.717, 1.165) is 49.5 Å². The van der Waals surface area contributed by atoms with Crippen molar-refractivity contribution in [1.82, 2.24) is 20.1 Å². The monoisotopic (exact) mass is 399 g/mol. The minimum atomic E-state index is 0.218. The SMILES string of the molecule is COC(C)CN1CCC[C@@H](Nc2nnc(-c3ccc4c(c3O)CCO4)c(C)n2)C1. The van der Waals surface area contributed by atoms with Gasteiger partial charge in [0.15, 0.2) is 0 Å². The molecule has 3 heterocycles. The highest BCUT2D eigenvalue weighted by Crippen LogP contribution is 2.40. The van der Waals surface area contributed by atoms with Crippen LogP contribution in [0.25, 0.3) is 11.3 Å². The number of likely N-dealkylation sites (tertiary alicyclic amines) is 1. The van der Waals surface area contributed by atoms with Crippen LogP contribution < -0.4 is 10.1 Å². The van der Waals surface area contributed by atoms with Crippen molar-refractivity contribution in [2.45, 2.75) is 45.3 Å². The summed E-state index contributed by atoms with van der Waals surface area (Å²) < 4.78 is 10.9. The third kappa shape index (κ3) is 4.28. The van der Waals surface area contributed by atoms with Crippen LogP contribution in [0, 0.1) is 6.92 Å². The van der Waals surface area contributed by atoms with E-state index in [1.807, 2.05) is 19.1 Å². The summed E-state index contributed by atoms with van der Waals surface area (Å²) in [6, 6.07) is 3.98. The van der Waals surface area contributed by atoms with Crippen molar-refractivity contribution < 1.29 is 14.6 Å². The summed E-state index contributed by atoms with van der Waals surface area (Å²) in [5.74, 6) is 1.49. The van der Waals surface area contributed by atoms with E-state index < -0.39 is 0 Å². The number of hydrogen-bond acceptors (Lipinski definition) is 8. The molecule has 2 aliphatic heterocycles. The standard InChI is InChI=1S/C21H29N5O3/c1-13(28-3)11-26-9-4-5-15(12-26)23-21-22-14(2)19(24-25-21)17-6-7-18-16(20(17)27)8-10-29-18/h6-7,13,15,27H,4-5,8-12H2,1-3H3,(H,22,23,25)/t13?,15-/m1/s1. The van der Waals surface area contributed by atoms with E-state index in [9.17, 15) is 5.11 Å². The number of fused-ring (bicyclic) bond motifs is 1. The van der Waals surface area contributed by atoms with E-state index in [1.54, 1.807) is 7.11 Å². The van der Waals surface area contributed by atoms with Crippen LogP contribution in [0.5, 0.6) is 11.5 Å². The van der Waals surface area contributed by atoms with Gasteiger partial charge in [0.25, 0.3) is 0 Å². The number of piperidine rings is 1. The number of nitrogens with zero attached hydrogens (tertiary/aromatic N) is 4. The number of benzene rings is 1. The molecule has 1 saturated heterocycles. The van der Waals surface area contributed by atoms with Gasteiger partial charge in [0.1, 0.15) is 17.2 Å². The lowest BCUT2D eigenvalue weighted by molar-refractivity contribution is 0.0680. The molecule has 2 aromatic rings. The normalized spacial score (nSPS) is 20.2. The predicted octanol–water partition coefficient (Wildman–Crippen LogP) is 2.40. The molecule has 1 unspecified atom stereocenters. The number of anilines is 1. The van der Waals surface area contributed by atoms with Crippen LogP contribution in [-0.2, 0) is 11.2 Å². The summed E-state index contributed by atoms with van der Waals surface area (Å²) in [6.45, 7) is 7.53. The van der Waals surface area contributed by atoms with Crippen molar-refractivity contribution in [2.24, 2.45) is 0 Å². The molecule has 0 spiro atoms. The molecule has 1 aromatic carbocycles. The molecule has 0 bridgehead atoms. The van der Waals surface area contributed by atoms with Gasteiger partial charge in [-0.15, -0.1) is 10.2 Å². The van der Waals surface area contributed by atoms with Crippen LogP contribution in [0.2, 0.25) is 0 Å². The number of aromatic hydroxyl groups is 1. The van der Waals surface area contributed by atoms with Crippen LogP contribution >= 0.6 is 0 Å². The van der Waals surface area contributed by atoms with E-state index in [0.29, 0.717) is 30.2 Å². The number of methoxy groups -OCH3 is 1. The van der Waals surface area contributed by atoms with E-state index in [-0.39, 0.29) is 17.9 Å². The summed E-state index contributed by atoms with van der Waals surface area (Å²) >= 11 is 0. The van der Waals surface area contributed by atoms with E-state index in [4.69, 9.17) is 9.47 Å². The number of rotatable bonds is 6. The first kappa shape index (κ1) is 19.8. The zero-order chi connectivity index (χ0) is 20.4. The van der Waals surface area contributed by atoms with E-state index >= 15 is 0 Å². The lowest BCUT2D eigenvalue weighted by atomic mass is 10.0. The van der Waals surface area contributed by atoms with Crippen molar-refractivity contribution >= 4 is 5.95 Å². The van der Waals surface area contributed by atoms with Gasteiger partial charge in [-0.3, -0.25) is 4.90 Å². The summed E-state index contributed by atoms with van der Waals surface area (Å²) in [6.07, 6.45) is 3.13. The topological polar surface area (TPSA) is 92.6 Å². The van der Waals surface area contributed by atoms with Gasteiger partial charge in [0.2, 0.25) is 5.95 Å². The number of nitrogens with one attached hydrogen (secondary N) is 1. The zero-order valence-corrected chi connectivity index (χ0v) is 17.3. The molecule has 2 aliphatic rings. The average molecular weight is 399 g/mol. The summed E-state index contributed by atoms with van der Waals surface area (Å²) in [4.78, 5) is 7.02. The highest BCUT2D eigenvalue weighted by Gasteiger charge is 2.24. The van der Waals surface area contributed by atoms with Gasteiger partial charge < -0.3 is 19.9 Å². The predicted molar refractivity (Wildman–Crippen MR) is 110 cm³/mol. The molecule has 29 heavy (non-hydrogen) atoms. The number of phenols is 1. The Morgan fingerprint density at radius 2 is 2.24 bits per heavy atom. The molecule has 8 nitrogen and oxygen atoms in total. The Kier molecular flexibility index (Phi) is 5.82. The maximum Gasteiger partial charge on any atom is 0.243 e. The van der Waals surface area contributed by atoms with Gasteiger partial charge >= 0.3 is 0 Å². The molecule has 4 rings (SSSR count). The summed E-state index contributed by atoms with van der Waals surface area (Å²) in [7, 11) is 1.75. The second-order valence-electron chi connectivity index (χ2n) is 7.90. The van der Waals surface area contributed by atoms with Gasteiger partial charge in [-0.05, 0) is 45.4 Å². The fourth-order valence-corrected chi connectivity index (χ4v) is 4.12. The van der Waals surface area contributed by atoms with E-state index in [2.05, 4.69) is 32.3 Å². The molecule has 2 atom stereocenters. The first-order valence-corrected chi connectivity index (χ1v) is 10.3. The maximum absolute atomic E-state index is 10.6. The van der Waals surface area contributed by atoms with Gasteiger partial charge in [0, 0.05) is 43.8 Å². The maximum atomic E-state index is 10.6. The Morgan fingerprint density at radius 1 is 1.38 bits per heavy atom. The van der Waals surface area contributed by atoms with Crippen molar-refractivity contribution in [3.8, 4) is 22.8 Å². The van der Waals surface area contributed by atoms with Gasteiger partial charge in [-0.2, -0.15) is 0 Å². The fraction of sp³-hybridized carbons (Fsp3) is 0.571. The third-order valence-corrected chi connectivity index (χ3v) is 5.72. The molecule has 1 fully saturated rings. The summed E-state index contributed by atoms with van der Waals surface area (Å²) in [5.41, 5.74) is 2.81. The van der Waals surface area contributed by atoms with Crippen LogP contribution in [0.15, 0.2) is 12.1 Å². The Balaban J connectivity index is 1.47. The number of phenolic OH excluding ortho intramolecular Hbond substituents is 1. The third-order valence-electron chi connectivity index (χ3n) is 5.72. The van der Waals surface area contributed by atoms with Gasteiger partial charge in [-0.1, -0.05) is 0 Å². The molecular weight excluding hydrogens is 370 g/mol. The molecule has 1 aromatic heterocycles. The molecule has 156 valence electrons. The van der Waals surface area contributed by atoms with E-state index in [1.165, 1.54) is 0 Å². The van der Waals surface area contributed by atoms with Gasteiger partial charge in [0.05, 0.1) is 18.4 Å². The Labute approximate surface area is 171 Å². The number of hydrogen-bond donors (Lipinski definition) is 2. The summed E-state index contributed by atoms with van der Waals surface area (Å²) in [5, 5.41) is 22.7. The van der Waals surface area contributed by atoms with Crippen LogP contribution in [0.4, 0.5) is 5.95 Å². The molecular formula is C21H29N5O3. The van der Waals surface area contributed by atoms with Crippen molar-refractivity contribution in [3.05, 3.63) is 23.4 Å². The Bertz CT molecular complexity index is 876. The Morgan fingerprint density at radius 3 is 3.03 bits per heavy atom. The Hall–Kier alpha value is -2.45. The minimum absolute atomic E-state index is 0.218. The largest absolute Gasteiger partial charge is 0.507 e. The van der Waals surface area contributed by atoms with Crippen molar-refractivity contribution in [3.63, 3.8) is 0 Å². The van der Waals surface area contributed by atoms with Crippen molar-refractivity contribution in [1.29, 1.82) is 0 Å². The van der Waals surface area contributed by atoms with Gasteiger partial charge in [-0.25, -0.2) is 4.98 Å². The smallest absolute Gasteiger partial charge is 0.243 e. The van der Waals surface area contributed by atoms with Crippen LogP contribution in [0.3, 0.4) is 0 Å². The fourth-order valence-electron chi connectivity index (χ4n) is 4.12. The quantitative estimate of drug-likeness (QED) is 0.765. The highest BCUT2D eigenvalue weighted by molar-refractivity contribution is 5.72. The molecule has 0 saturated carbocycles. The molecule has 8 heteroatoms. The second-order valence-corrected chi connectivity index (χ2v) is 7.90. The molecule has 2 N–H and O–H groups in total. The van der Waals surface area contributed by atoms with Crippen molar-refractivity contribution in [2.75, 3.05) is 38.7 Å². The number of aromatic nitrogens is 3. The first-order chi connectivity index (χ1) is 14.0. The molecule has 0 aliphatic carbocycles. The average Bonchev–Trinajstić information content (AvgIpc) is 3.19. The first-order valence-electron chi connectivity index (χ1n) is 10.3. The number of aryl methyl sites for hydroxylation is 1. The number of ether oxygens (including phenoxy) is 2. The zero-order valence-electron chi connectivity index (χ0n) is 17.3. The molecule has 0 radical (unpaired) electrons. The van der Waals surface area contributed by atoms with Crippen LogP contribution in [0.1, 0.15) is 31.0 Å². The molecule has 0 amide bonds. The lowest BCUT2D eigenvalue weighted by Crippen LogP contribution is -2.45. The second kappa shape index (κ2) is 8.51. The highest BCUT2D eigenvalue weighted by atomic mass is 16.5.